The lowest BCUT2D eigenvalue weighted by Crippen LogP contribution is -2.23. The molecule has 0 spiro atoms. The molecule has 98 valence electrons. The quantitative estimate of drug-likeness (QED) is 0.827. The van der Waals surface area contributed by atoms with Crippen LogP contribution in [0.25, 0.3) is 0 Å². The summed E-state index contributed by atoms with van der Waals surface area (Å²) in [6.07, 6.45) is -0.0229. The first-order valence-electron chi connectivity index (χ1n) is 5.93. The lowest BCUT2D eigenvalue weighted by molar-refractivity contribution is -0.117. The minimum Gasteiger partial charge on any atom is -0.488 e. The number of ether oxygens (including phenoxy) is 2. The van der Waals surface area contributed by atoms with Gasteiger partial charge in [-0.2, -0.15) is 0 Å². The minimum atomic E-state index is -0.273. The number of carbonyl (C=O) groups excluding carboxylic acids is 1. The molecule has 5 nitrogen and oxygen atoms in total. The highest BCUT2D eigenvalue weighted by Crippen LogP contribution is 2.33. The van der Waals surface area contributed by atoms with Gasteiger partial charge < -0.3 is 20.1 Å². The topological polar surface area (TPSA) is 59.6 Å². The van der Waals surface area contributed by atoms with Crippen LogP contribution in [-0.2, 0) is 9.53 Å². The standard InChI is InChI=1S/C13H18N2O3/c1-8(7-17-3)18-9-4-5-10-11(6-9)15-13(16)12(10)14-2/h4-6,8,12,14H,7H2,1-3H3,(H,15,16). The van der Waals surface area contributed by atoms with E-state index in [0.717, 1.165) is 17.0 Å². The second kappa shape index (κ2) is 5.37. The van der Waals surface area contributed by atoms with Crippen LogP contribution < -0.4 is 15.4 Å². The van der Waals surface area contributed by atoms with Gasteiger partial charge in [-0.15, -0.1) is 0 Å². The maximum atomic E-state index is 11.7. The zero-order chi connectivity index (χ0) is 13.1. The SMILES string of the molecule is CNC1C(=O)Nc2cc(OC(C)COC)ccc21. The Bertz CT molecular complexity index is 448. The van der Waals surface area contributed by atoms with Crippen molar-refractivity contribution in [3.8, 4) is 5.75 Å². The van der Waals surface area contributed by atoms with Gasteiger partial charge in [0.15, 0.2) is 0 Å². The fourth-order valence-corrected chi connectivity index (χ4v) is 2.10. The van der Waals surface area contributed by atoms with E-state index in [9.17, 15) is 4.79 Å². The van der Waals surface area contributed by atoms with Gasteiger partial charge in [0.05, 0.1) is 6.61 Å². The summed E-state index contributed by atoms with van der Waals surface area (Å²) in [5, 5.41) is 5.81. The molecule has 5 heteroatoms. The molecule has 2 N–H and O–H groups in total. The Labute approximate surface area is 106 Å². The number of methoxy groups -OCH3 is 1. The van der Waals surface area contributed by atoms with Crippen molar-refractivity contribution in [2.24, 2.45) is 0 Å². The number of rotatable bonds is 5. The van der Waals surface area contributed by atoms with Crippen molar-refractivity contribution in [3.05, 3.63) is 23.8 Å². The molecule has 2 rings (SSSR count). The van der Waals surface area contributed by atoms with E-state index in [4.69, 9.17) is 9.47 Å². The van der Waals surface area contributed by atoms with Gasteiger partial charge in [-0.1, -0.05) is 6.07 Å². The van der Waals surface area contributed by atoms with Gasteiger partial charge in [0, 0.05) is 24.4 Å². The van der Waals surface area contributed by atoms with Crippen LogP contribution >= 0.6 is 0 Å². The second-order valence-electron chi connectivity index (χ2n) is 4.34. The Kier molecular flexibility index (Phi) is 3.84. The van der Waals surface area contributed by atoms with Gasteiger partial charge in [0.25, 0.3) is 0 Å². The first-order valence-corrected chi connectivity index (χ1v) is 5.93. The molecule has 0 aliphatic carbocycles. The number of likely N-dealkylation sites (N-methyl/N-ethyl adjacent to an activating group) is 1. The molecule has 0 fully saturated rings. The molecule has 1 heterocycles. The van der Waals surface area contributed by atoms with E-state index >= 15 is 0 Å². The summed E-state index contributed by atoms with van der Waals surface area (Å²) >= 11 is 0. The average Bonchev–Trinajstić information content (AvgIpc) is 2.63. The van der Waals surface area contributed by atoms with E-state index in [1.807, 2.05) is 25.1 Å². The van der Waals surface area contributed by atoms with Crippen LogP contribution in [0.5, 0.6) is 5.75 Å². The van der Waals surface area contributed by atoms with Crippen LogP contribution in [0.1, 0.15) is 18.5 Å². The first kappa shape index (κ1) is 12.9. The fourth-order valence-electron chi connectivity index (χ4n) is 2.10. The van der Waals surface area contributed by atoms with E-state index in [1.54, 1.807) is 14.2 Å². The molecule has 0 saturated heterocycles. The van der Waals surface area contributed by atoms with Gasteiger partial charge in [-0.3, -0.25) is 4.79 Å². The highest BCUT2D eigenvalue weighted by molar-refractivity contribution is 6.02. The predicted molar refractivity (Wildman–Crippen MR) is 68.8 cm³/mol. The average molecular weight is 250 g/mol. The Morgan fingerprint density at radius 3 is 2.94 bits per heavy atom. The normalized spacial score (nSPS) is 19.3. The highest BCUT2D eigenvalue weighted by Gasteiger charge is 2.29. The largest absolute Gasteiger partial charge is 0.488 e. The molecule has 0 aromatic heterocycles. The third kappa shape index (κ3) is 2.47. The Morgan fingerprint density at radius 1 is 1.50 bits per heavy atom. The number of carbonyl (C=O) groups is 1. The summed E-state index contributed by atoms with van der Waals surface area (Å²) in [4.78, 5) is 11.7. The number of fused-ring (bicyclic) bond motifs is 1. The predicted octanol–water partition coefficient (Wildman–Crippen LogP) is 1.31. The van der Waals surface area contributed by atoms with Gasteiger partial charge in [0.2, 0.25) is 5.91 Å². The van der Waals surface area contributed by atoms with Gasteiger partial charge >= 0.3 is 0 Å². The van der Waals surface area contributed by atoms with Crippen LogP contribution in [-0.4, -0.2) is 32.8 Å². The van der Waals surface area contributed by atoms with Crippen LogP contribution in [0.15, 0.2) is 18.2 Å². The molecular formula is C13H18N2O3. The maximum absolute atomic E-state index is 11.7. The molecule has 1 amide bonds. The summed E-state index contributed by atoms with van der Waals surface area (Å²) < 4.78 is 10.7. The number of hydrogen-bond acceptors (Lipinski definition) is 4. The molecule has 0 saturated carbocycles. The van der Waals surface area contributed by atoms with E-state index in [2.05, 4.69) is 10.6 Å². The van der Waals surface area contributed by atoms with E-state index in [1.165, 1.54) is 0 Å². The third-order valence-electron chi connectivity index (χ3n) is 2.88. The smallest absolute Gasteiger partial charge is 0.246 e. The summed E-state index contributed by atoms with van der Waals surface area (Å²) in [5.74, 6) is 0.699. The van der Waals surface area contributed by atoms with Crippen molar-refractivity contribution in [3.63, 3.8) is 0 Å². The molecule has 1 aromatic rings. The summed E-state index contributed by atoms with van der Waals surface area (Å²) in [7, 11) is 3.41. The second-order valence-corrected chi connectivity index (χ2v) is 4.34. The summed E-state index contributed by atoms with van der Waals surface area (Å²) in [5.41, 5.74) is 1.76. The zero-order valence-corrected chi connectivity index (χ0v) is 10.8. The number of hydrogen-bond donors (Lipinski definition) is 2. The highest BCUT2D eigenvalue weighted by atomic mass is 16.5. The number of amides is 1. The van der Waals surface area contributed by atoms with Crippen molar-refractivity contribution in [1.82, 2.24) is 5.32 Å². The molecule has 1 aliphatic rings. The summed E-state index contributed by atoms with van der Waals surface area (Å²) in [6.45, 7) is 2.47. The minimum absolute atomic E-state index is 0.0229. The summed E-state index contributed by atoms with van der Waals surface area (Å²) in [6, 6.07) is 5.35. The van der Waals surface area contributed by atoms with E-state index in [-0.39, 0.29) is 18.1 Å². The number of nitrogens with one attached hydrogen (secondary N) is 2. The van der Waals surface area contributed by atoms with Crippen molar-refractivity contribution >= 4 is 11.6 Å². The molecule has 18 heavy (non-hydrogen) atoms. The Hall–Kier alpha value is -1.59. The fraction of sp³-hybridized carbons (Fsp3) is 0.462. The molecule has 0 bridgehead atoms. The lowest BCUT2D eigenvalue weighted by Gasteiger charge is -2.14. The van der Waals surface area contributed by atoms with Gasteiger partial charge in [-0.05, 0) is 20.0 Å². The number of anilines is 1. The maximum Gasteiger partial charge on any atom is 0.246 e. The van der Waals surface area contributed by atoms with Crippen LogP contribution in [0.2, 0.25) is 0 Å². The lowest BCUT2D eigenvalue weighted by atomic mass is 10.1. The van der Waals surface area contributed by atoms with Crippen molar-refractivity contribution in [2.45, 2.75) is 19.1 Å². The molecule has 2 atom stereocenters. The van der Waals surface area contributed by atoms with Crippen molar-refractivity contribution < 1.29 is 14.3 Å². The van der Waals surface area contributed by atoms with Gasteiger partial charge in [-0.25, -0.2) is 0 Å². The molecule has 2 unspecified atom stereocenters. The molecule has 1 aliphatic heterocycles. The van der Waals surface area contributed by atoms with Crippen LogP contribution in [0.4, 0.5) is 5.69 Å². The first-order chi connectivity index (χ1) is 8.65. The monoisotopic (exact) mass is 250 g/mol. The molecule has 0 radical (unpaired) electrons. The van der Waals surface area contributed by atoms with E-state index < -0.39 is 0 Å². The van der Waals surface area contributed by atoms with E-state index in [0.29, 0.717) is 6.61 Å². The Morgan fingerprint density at radius 2 is 2.28 bits per heavy atom. The van der Waals surface area contributed by atoms with Crippen LogP contribution in [0, 0.1) is 0 Å². The third-order valence-corrected chi connectivity index (χ3v) is 2.88. The number of benzene rings is 1. The Balaban J connectivity index is 2.14. The van der Waals surface area contributed by atoms with Crippen molar-refractivity contribution in [2.75, 3.05) is 26.1 Å². The van der Waals surface area contributed by atoms with Crippen molar-refractivity contribution in [1.29, 1.82) is 0 Å². The zero-order valence-electron chi connectivity index (χ0n) is 10.8. The van der Waals surface area contributed by atoms with Gasteiger partial charge in [0.1, 0.15) is 17.9 Å². The molecule has 1 aromatic carbocycles. The molecular weight excluding hydrogens is 232 g/mol. The van der Waals surface area contributed by atoms with Crippen LogP contribution in [0.3, 0.4) is 0 Å².